The molecule has 6 nitrogen and oxygen atoms in total. The summed E-state index contributed by atoms with van der Waals surface area (Å²) in [5.41, 5.74) is 2.60. The maximum atomic E-state index is 12.3. The Balaban J connectivity index is 1.98. The highest BCUT2D eigenvalue weighted by molar-refractivity contribution is 5.96. The smallest absolute Gasteiger partial charge is 0.387 e. The van der Waals surface area contributed by atoms with E-state index in [2.05, 4.69) is 10.1 Å². The van der Waals surface area contributed by atoms with Crippen molar-refractivity contribution in [3.63, 3.8) is 0 Å². The monoisotopic (exact) mass is 379 g/mol. The normalized spacial score (nSPS) is 10.4. The van der Waals surface area contributed by atoms with Crippen molar-refractivity contribution >= 4 is 17.6 Å². The molecule has 0 aliphatic carbocycles. The van der Waals surface area contributed by atoms with Crippen molar-refractivity contribution in [3.05, 3.63) is 53.1 Å². The summed E-state index contributed by atoms with van der Waals surface area (Å²) in [5, 5.41) is 2.67. The number of halogens is 2. The minimum Gasteiger partial charge on any atom is -0.493 e. The second kappa shape index (κ2) is 8.98. The zero-order chi connectivity index (χ0) is 20.0. The number of amides is 1. The number of anilines is 1. The van der Waals surface area contributed by atoms with Gasteiger partial charge in [0.05, 0.1) is 12.7 Å². The minimum atomic E-state index is -3.02. The van der Waals surface area contributed by atoms with E-state index in [0.717, 1.165) is 17.2 Å². The Kier molecular flexibility index (Phi) is 6.70. The molecule has 1 N–H and O–H groups in total. The maximum Gasteiger partial charge on any atom is 0.387 e. The summed E-state index contributed by atoms with van der Waals surface area (Å²) in [6.45, 7) is 0.265. The van der Waals surface area contributed by atoms with Gasteiger partial charge in [-0.3, -0.25) is 4.79 Å². The molecule has 144 valence electrons. The van der Waals surface area contributed by atoms with Crippen LogP contribution in [0.2, 0.25) is 0 Å². The van der Waals surface area contributed by atoms with E-state index >= 15 is 0 Å². The van der Waals surface area contributed by atoms with Crippen molar-refractivity contribution in [2.75, 3.05) is 19.0 Å². The van der Waals surface area contributed by atoms with Gasteiger partial charge in [-0.15, -0.1) is 0 Å². The van der Waals surface area contributed by atoms with Crippen LogP contribution >= 0.6 is 0 Å². The fourth-order valence-corrected chi connectivity index (χ4v) is 2.28. The van der Waals surface area contributed by atoms with Gasteiger partial charge in [0, 0.05) is 5.69 Å². The molecule has 0 saturated heterocycles. The van der Waals surface area contributed by atoms with Crippen LogP contribution in [-0.4, -0.2) is 32.2 Å². The van der Waals surface area contributed by atoms with E-state index in [4.69, 9.17) is 9.47 Å². The average Bonchev–Trinajstić information content (AvgIpc) is 2.63. The molecule has 0 heterocycles. The molecule has 2 rings (SSSR count). The predicted octanol–water partition coefficient (Wildman–Crippen LogP) is 3.71. The van der Waals surface area contributed by atoms with E-state index in [1.54, 1.807) is 12.1 Å². The van der Waals surface area contributed by atoms with Gasteiger partial charge in [-0.1, -0.05) is 12.1 Å². The lowest BCUT2D eigenvalue weighted by molar-refractivity contribution is -0.119. The number of hydrogen-bond donors (Lipinski definition) is 1. The van der Waals surface area contributed by atoms with Gasteiger partial charge in [0.1, 0.15) is 0 Å². The first-order chi connectivity index (χ1) is 12.8. The summed E-state index contributed by atoms with van der Waals surface area (Å²) in [5.74, 6) is -1.56. The summed E-state index contributed by atoms with van der Waals surface area (Å²) in [4.78, 5) is 24.1. The molecule has 0 saturated carbocycles. The molecule has 1 amide bonds. The molecule has 0 unspecified atom stereocenters. The summed E-state index contributed by atoms with van der Waals surface area (Å²) in [6.07, 6.45) is 0. The van der Waals surface area contributed by atoms with Crippen LogP contribution in [0.3, 0.4) is 0 Å². The summed E-state index contributed by atoms with van der Waals surface area (Å²) >= 11 is 0. The molecule has 0 fully saturated rings. The number of ether oxygens (including phenoxy) is 3. The van der Waals surface area contributed by atoms with Crippen LogP contribution in [0.25, 0.3) is 0 Å². The number of nitrogens with one attached hydrogen (secondary N) is 1. The van der Waals surface area contributed by atoms with E-state index in [1.165, 1.54) is 19.2 Å². The third-order valence-electron chi connectivity index (χ3n) is 3.83. The summed E-state index contributed by atoms with van der Waals surface area (Å²) in [6, 6.07) is 9.07. The zero-order valence-electron chi connectivity index (χ0n) is 15.0. The Labute approximate surface area is 155 Å². The number of rotatable bonds is 7. The van der Waals surface area contributed by atoms with E-state index in [1.807, 2.05) is 19.9 Å². The molecule has 0 aliphatic heterocycles. The number of aryl methyl sites for hydroxylation is 1. The zero-order valence-corrected chi connectivity index (χ0v) is 15.0. The molecule has 0 aliphatic rings. The maximum absolute atomic E-state index is 12.3. The van der Waals surface area contributed by atoms with E-state index in [0.29, 0.717) is 5.69 Å². The first kappa shape index (κ1) is 20.2. The lowest BCUT2D eigenvalue weighted by Gasteiger charge is -2.12. The highest BCUT2D eigenvalue weighted by Gasteiger charge is 2.16. The van der Waals surface area contributed by atoms with Gasteiger partial charge in [0.2, 0.25) is 0 Å². The van der Waals surface area contributed by atoms with Crippen LogP contribution in [0, 0.1) is 13.8 Å². The van der Waals surface area contributed by atoms with E-state index in [-0.39, 0.29) is 17.1 Å². The molecular weight excluding hydrogens is 360 g/mol. The largest absolute Gasteiger partial charge is 0.493 e. The highest BCUT2D eigenvalue weighted by atomic mass is 19.3. The van der Waals surface area contributed by atoms with Crippen molar-refractivity contribution in [2.45, 2.75) is 20.5 Å². The number of hydrogen-bond acceptors (Lipinski definition) is 5. The third kappa shape index (κ3) is 5.40. The number of carbonyl (C=O) groups excluding carboxylic acids is 2. The van der Waals surface area contributed by atoms with Crippen molar-refractivity contribution < 1.29 is 32.6 Å². The molecule has 0 aromatic heterocycles. The Morgan fingerprint density at radius 3 is 2.52 bits per heavy atom. The molecule has 27 heavy (non-hydrogen) atoms. The van der Waals surface area contributed by atoms with Crippen molar-refractivity contribution in [1.82, 2.24) is 0 Å². The van der Waals surface area contributed by atoms with Crippen LogP contribution in [0.4, 0.5) is 14.5 Å². The molecular formula is C19H19F2NO5. The molecule has 0 atom stereocenters. The fourth-order valence-electron chi connectivity index (χ4n) is 2.28. The number of carbonyl (C=O) groups is 2. The summed E-state index contributed by atoms with van der Waals surface area (Å²) in [7, 11) is 1.25. The Hall–Kier alpha value is -3.16. The standard InChI is InChI=1S/C19H19F2NO5/c1-11-5-4-6-14(12(11)2)22-17(23)10-26-18(24)13-7-8-15(27-19(20)21)16(9-13)25-3/h4-9,19H,10H2,1-3H3,(H,22,23). The second-order valence-electron chi connectivity index (χ2n) is 5.62. The van der Waals surface area contributed by atoms with Gasteiger partial charge in [-0.2, -0.15) is 8.78 Å². The van der Waals surface area contributed by atoms with E-state index < -0.39 is 25.1 Å². The minimum absolute atomic E-state index is 0.0352. The van der Waals surface area contributed by atoms with Crippen LogP contribution in [-0.2, 0) is 9.53 Å². The van der Waals surface area contributed by atoms with Crippen molar-refractivity contribution in [1.29, 1.82) is 0 Å². The van der Waals surface area contributed by atoms with Gasteiger partial charge >= 0.3 is 12.6 Å². The third-order valence-corrected chi connectivity index (χ3v) is 3.83. The highest BCUT2D eigenvalue weighted by Crippen LogP contribution is 2.29. The van der Waals surface area contributed by atoms with Crippen LogP contribution < -0.4 is 14.8 Å². The van der Waals surface area contributed by atoms with E-state index in [9.17, 15) is 18.4 Å². The van der Waals surface area contributed by atoms with Crippen molar-refractivity contribution in [2.24, 2.45) is 0 Å². The van der Waals surface area contributed by atoms with Gasteiger partial charge in [-0.25, -0.2) is 4.79 Å². The van der Waals surface area contributed by atoms with Crippen LogP contribution in [0.15, 0.2) is 36.4 Å². The molecule has 2 aromatic rings. The molecule has 0 bridgehead atoms. The predicted molar refractivity (Wildman–Crippen MR) is 94.5 cm³/mol. The lowest BCUT2D eigenvalue weighted by Crippen LogP contribution is -2.21. The van der Waals surface area contributed by atoms with Crippen molar-refractivity contribution in [3.8, 4) is 11.5 Å². The van der Waals surface area contributed by atoms with Gasteiger partial charge in [0.15, 0.2) is 18.1 Å². The van der Waals surface area contributed by atoms with Gasteiger partial charge < -0.3 is 19.5 Å². The number of esters is 1. The molecule has 2 aromatic carbocycles. The fraction of sp³-hybridized carbons (Fsp3) is 0.263. The molecule has 8 heteroatoms. The number of methoxy groups -OCH3 is 1. The first-order valence-electron chi connectivity index (χ1n) is 7.98. The lowest BCUT2D eigenvalue weighted by atomic mass is 10.1. The number of alkyl halides is 2. The van der Waals surface area contributed by atoms with Crippen LogP contribution in [0.5, 0.6) is 11.5 Å². The second-order valence-corrected chi connectivity index (χ2v) is 5.62. The quantitative estimate of drug-likeness (QED) is 0.743. The topological polar surface area (TPSA) is 73.9 Å². The van der Waals surface area contributed by atoms with Gasteiger partial charge in [0.25, 0.3) is 5.91 Å². The van der Waals surface area contributed by atoms with Gasteiger partial charge in [-0.05, 0) is 49.2 Å². The summed E-state index contributed by atoms with van der Waals surface area (Å²) < 4.78 is 38.8. The Morgan fingerprint density at radius 2 is 1.85 bits per heavy atom. The molecule has 0 spiro atoms. The molecule has 0 radical (unpaired) electrons. The first-order valence-corrected chi connectivity index (χ1v) is 7.98. The average molecular weight is 379 g/mol. The van der Waals surface area contributed by atoms with Crippen LogP contribution in [0.1, 0.15) is 21.5 Å². The Morgan fingerprint density at radius 1 is 1.11 bits per heavy atom. The Bertz CT molecular complexity index is 839. The number of benzene rings is 2. The SMILES string of the molecule is COc1cc(C(=O)OCC(=O)Nc2cccc(C)c2C)ccc1OC(F)F.